The minimum absolute atomic E-state index is 0.362. The Morgan fingerprint density at radius 1 is 1.07 bits per heavy atom. The summed E-state index contributed by atoms with van der Waals surface area (Å²) in [5.74, 6) is -1.23. The zero-order valence-corrected chi connectivity index (χ0v) is 8.79. The fourth-order valence-electron chi connectivity index (χ4n) is 1.29. The van der Waals surface area contributed by atoms with Crippen molar-refractivity contribution < 1.29 is 25.2 Å². The molecule has 1 fully saturated rings. The van der Waals surface area contributed by atoms with Gasteiger partial charge in [-0.2, -0.15) is 0 Å². The van der Waals surface area contributed by atoms with Gasteiger partial charge in [-0.05, 0) is 0 Å². The SMILES string of the molecule is CC.CC1C(O)OC(O)C(CO)C1O. The molecular formula is C9H20O5. The van der Waals surface area contributed by atoms with Crippen LogP contribution in [0, 0.1) is 11.8 Å². The van der Waals surface area contributed by atoms with Crippen LogP contribution in [0.15, 0.2) is 0 Å². The van der Waals surface area contributed by atoms with Crippen LogP contribution in [-0.2, 0) is 4.74 Å². The van der Waals surface area contributed by atoms with E-state index in [1.165, 1.54) is 0 Å². The van der Waals surface area contributed by atoms with E-state index in [-0.39, 0.29) is 6.61 Å². The maximum Gasteiger partial charge on any atom is 0.165 e. The van der Waals surface area contributed by atoms with Crippen molar-refractivity contribution in [3.05, 3.63) is 0 Å². The topological polar surface area (TPSA) is 90.2 Å². The summed E-state index contributed by atoms with van der Waals surface area (Å²) >= 11 is 0. The summed E-state index contributed by atoms with van der Waals surface area (Å²) in [5.41, 5.74) is 0. The lowest BCUT2D eigenvalue weighted by Crippen LogP contribution is -2.51. The standard InChI is InChI=1S/C7H14O5.C2H6/c1-3-5(9)4(2-8)7(11)12-6(3)10;1-2/h3-11H,2H2,1H3;1-2H3. The molecule has 1 saturated heterocycles. The summed E-state index contributed by atoms with van der Waals surface area (Å²) in [7, 11) is 0. The zero-order valence-electron chi connectivity index (χ0n) is 8.79. The Hall–Kier alpha value is -0.200. The van der Waals surface area contributed by atoms with Crippen molar-refractivity contribution in [1.29, 1.82) is 0 Å². The first-order chi connectivity index (χ1) is 6.57. The van der Waals surface area contributed by atoms with E-state index < -0.39 is 30.5 Å². The summed E-state index contributed by atoms with van der Waals surface area (Å²) in [6.45, 7) is 5.23. The molecule has 0 saturated carbocycles. The van der Waals surface area contributed by atoms with Gasteiger partial charge in [-0.3, -0.25) is 0 Å². The van der Waals surface area contributed by atoms with Crippen molar-refractivity contribution in [3.8, 4) is 0 Å². The first-order valence-electron chi connectivity index (χ1n) is 4.88. The van der Waals surface area contributed by atoms with Gasteiger partial charge in [-0.25, -0.2) is 0 Å². The van der Waals surface area contributed by atoms with Crippen molar-refractivity contribution >= 4 is 0 Å². The number of hydrogen-bond acceptors (Lipinski definition) is 5. The molecule has 1 aliphatic heterocycles. The zero-order chi connectivity index (χ0) is 11.3. The lowest BCUT2D eigenvalue weighted by Gasteiger charge is -2.38. The molecule has 1 heterocycles. The van der Waals surface area contributed by atoms with Gasteiger partial charge in [0.15, 0.2) is 12.6 Å². The second-order valence-corrected chi connectivity index (χ2v) is 3.11. The summed E-state index contributed by atoms with van der Waals surface area (Å²) in [4.78, 5) is 0. The van der Waals surface area contributed by atoms with Gasteiger partial charge in [0.2, 0.25) is 0 Å². The molecule has 0 aromatic rings. The molecule has 0 spiro atoms. The molecule has 5 nitrogen and oxygen atoms in total. The highest BCUT2D eigenvalue weighted by Crippen LogP contribution is 2.27. The van der Waals surface area contributed by atoms with Crippen molar-refractivity contribution in [2.75, 3.05) is 6.61 Å². The van der Waals surface area contributed by atoms with E-state index >= 15 is 0 Å². The monoisotopic (exact) mass is 208 g/mol. The molecule has 5 unspecified atom stereocenters. The minimum atomic E-state index is -1.30. The molecule has 86 valence electrons. The van der Waals surface area contributed by atoms with E-state index in [4.69, 9.17) is 15.3 Å². The first-order valence-corrected chi connectivity index (χ1v) is 4.88. The number of rotatable bonds is 1. The Balaban J connectivity index is 0.000000791. The van der Waals surface area contributed by atoms with Crippen LogP contribution < -0.4 is 0 Å². The molecule has 0 amide bonds. The van der Waals surface area contributed by atoms with E-state index in [0.717, 1.165) is 0 Å². The van der Waals surface area contributed by atoms with Gasteiger partial charge < -0.3 is 25.2 Å². The van der Waals surface area contributed by atoms with E-state index in [1.54, 1.807) is 6.92 Å². The molecule has 1 aliphatic rings. The summed E-state index contributed by atoms with van der Waals surface area (Å²) in [5, 5.41) is 36.4. The third-order valence-corrected chi connectivity index (χ3v) is 2.28. The lowest BCUT2D eigenvalue weighted by molar-refractivity contribution is -0.304. The minimum Gasteiger partial charge on any atom is -0.396 e. The maximum absolute atomic E-state index is 9.42. The van der Waals surface area contributed by atoms with Gasteiger partial charge in [-0.1, -0.05) is 20.8 Å². The van der Waals surface area contributed by atoms with E-state index in [1.807, 2.05) is 13.8 Å². The van der Waals surface area contributed by atoms with Gasteiger partial charge in [0.05, 0.1) is 18.6 Å². The van der Waals surface area contributed by atoms with Gasteiger partial charge in [0.1, 0.15) is 0 Å². The molecule has 4 N–H and O–H groups in total. The van der Waals surface area contributed by atoms with Gasteiger partial charge in [0, 0.05) is 5.92 Å². The highest BCUT2D eigenvalue weighted by Gasteiger charge is 2.40. The van der Waals surface area contributed by atoms with E-state index in [0.29, 0.717) is 0 Å². The predicted octanol–water partition coefficient (Wildman–Crippen LogP) is -0.715. The normalized spacial score (nSPS) is 42.6. The molecule has 1 rings (SSSR count). The molecule has 0 radical (unpaired) electrons. The molecular weight excluding hydrogens is 188 g/mol. The Morgan fingerprint density at radius 2 is 1.57 bits per heavy atom. The highest BCUT2D eigenvalue weighted by atomic mass is 16.7. The van der Waals surface area contributed by atoms with Crippen molar-refractivity contribution in [3.63, 3.8) is 0 Å². The largest absolute Gasteiger partial charge is 0.396 e. The third kappa shape index (κ3) is 2.90. The van der Waals surface area contributed by atoms with Gasteiger partial charge >= 0.3 is 0 Å². The predicted molar refractivity (Wildman–Crippen MR) is 50.2 cm³/mol. The first kappa shape index (κ1) is 13.8. The highest BCUT2D eigenvalue weighted by molar-refractivity contribution is 4.81. The molecule has 0 aromatic carbocycles. The van der Waals surface area contributed by atoms with Crippen LogP contribution >= 0.6 is 0 Å². The molecule has 0 bridgehead atoms. The van der Waals surface area contributed by atoms with Crippen LogP contribution in [0.1, 0.15) is 20.8 Å². The molecule has 5 heteroatoms. The van der Waals surface area contributed by atoms with E-state index in [9.17, 15) is 5.11 Å². The Kier molecular flexibility index (Phi) is 6.22. The summed E-state index contributed by atoms with van der Waals surface area (Å²) in [6, 6.07) is 0. The number of ether oxygens (including phenoxy) is 1. The van der Waals surface area contributed by atoms with Crippen LogP contribution in [0.2, 0.25) is 0 Å². The van der Waals surface area contributed by atoms with Crippen LogP contribution in [-0.4, -0.2) is 45.7 Å². The quantitative estimate of drug-likeness (QED) is 0.457. The summed E-state index contributed by atoms with van der Waals surface area (Å²) < 4.78 is 4.66. The fraction of sp³-hybridized carbons (Fsp3) is 1.00. The average molecular weight is 208 g/mol. The van der Waals surface area contributed by atoms with Gasteiger partial charge in [0.25, 0.3) is 0 Å². The third-order valence-electron chi connectivity index (χ3n) is 2.28. The Morgan fingerprint density at radius 3 is 2.00 bits per heavy atom. The molecule has 5 atom stereocenters. The number of hydrogen-bond donors (Lipinski definition) is 4. The molecule has 0 aromatic heterocycles. The summed E-state index contributed by atoms with van der Waals surface area (Å²) in [6.07, 6.45) is -3.40. The average Bonchev–Trinajstić information content (AvgIpc) is 2.18. The van der Waals surface area contributed by atoms with Crippen LogP contribution in [0.3, 0.4) is 0 Å². The second kappa shape index (κ2) is 6.31. The fourth-order valence-corrected chi connectivity index (χ4v) is 1.29. The van der Waals surface area contributed by atoms with Crippen molar-refractivity contribution in [1.82, 2.24) is 0 Å². The van der Waals surface area contributed by atoms with Crippen molar-refractivity contribution in [2.45, 2.75) is 39.5 Å². The van der Waals surface area contributed by atoms with Gasteiger partial charge in [-0.15, -0.1) is 0 Å². The second-order valence-electron chi connectivity index (χ2n) is 3.11. The van der Waals surface area contributed by atoms with E-state index in [2.05, 4.69) is 4.74 Å². The number of aliphatic hydroxyl groups excluding tert-OH is 4. The van der Waals surface area contributed by atoms with Crippen LogP contribution in [0.25, 0.3) is 0 Å². The molecule has 0 aliphatic carbocycles. The Labute approximate surface area is 83.9 Å². The number of aliphatic hydroxyl groups is 4. The van der Waals surface area contributed by atoms with Crippen LogP contribution in [0.5, 0.6) is 0 Å². The molecule has 14 heavy (non-hydrogen) atoms. The lowest BCUT2D eigenvalue weighted by atomic mass is 9.89. The Bertz CT molecular complexity index is 152. The van der Waals surface area contributed by atoms with Crippen LogP contribution in [0.4, 0.5) is 0 Å². The van der Waals surface area contributed by atoms with Crippen molar-refractivity contribution in [2.24, 2.45) is 11.8 Å². The maximum atomic E-state index is 9.42. The smallest absolute Gasteiger partial charge is 0.165 e.